The first kappa shape index (κ1) is 15.9. The van der Waals surface area contributed by atoms with Crippen molar-refractivity contribution in [2.75, 3.05) is 5.73 Å². The van der Waals surface area contributed by atoms with Gasteiger partial charge in [0.15, 0.2) is 0 Å². The number of nitrogens with two attached hydrogens (primary N) is 1. The number of anilines is 1. The van der Waals surface area contributed by atoms with Gasteiger partial charge >= 0.3 is 0 Å². The number of carbonyl (C=O) groups is 2. The van der Waals surface area contributed by atoms with E-state index in [2.05, 4.69) is 15.6 Å². The third-order valence-electron chi connectivity index (χ3n) is 2.46. The Hall–Kier alpha value is -2.11. The van der Waals surface area contributed by atoms with E-state index in [9.17, 15) is 9.59 Å². The van der Waals surface area contributed by atoms with Crippen LogP contribution >= 0.6 is 0 Å². The van der Waals surface area contributed by atoms with E-state index in [1.54, 1.807) is 19.1 Å². The van der Waals surface area contributed by atoms with Gasteiger partial charge < -0.3 is 16.4 Å². The molecule has 1 atom stereocenters. The summed E-state index contributed by atoms with van der Waals surface area (Å²) in [5.41, 5.74) is 6.36. The van der Waals surface area contributed by atoms with E-state index in [4.69, 9.17) is 5.73 Å². The molecule has 0 spiro atoms. The van der Waals surface area contributed by atoms with Crippen molar-refractivity contribution in [3.8, 4) is 0 Å². The first-order valence-electron chi connectivity index (χ1n) is 6.49. The Kier molecular flexibility index (Phi) is 5.07. The van der Waals surface area contributed by atoms with Crippen molar-refractivity contribution in [1.29, 1.82) is 0 Å². The summed E-state index contributed by atoms with van der Waals surface area (Å²) < 4.78 is 0. The second kappa shape index (κ2) is 6.36. The Morgan fingerprint density at radius 1 is 1.35 bits per heavy atom. The summed E-state index contributed by atoms with van der Waals surface area (Å²) in [4.78, 5) is 27.7. The standard InChI is InChI=1S/C14H22N4O2/c1-9(13(20)18-14(2,3)4)17-12(19)7-11-6-5-10(15)8-16-11/h5-6,8-9H,7,15H2,1-4H3,(H,17,19)(H,18,20). The Morgan fingerprint density at radius 3 is 2.50 bits per heavy atom. The van der Waals surface area contributed by atoms with Crippen molar-refractivity contribution >= 4 is 17.5 Å². The molecule has 0 fully saturated rings. The first-order chi connectivity index (χ1) is 9.17. The quantitative estimate of drug-likeness (QED) is 0.752. The maximum atomic E-state index is 11.8. The van der Waals surface area contributed by atoms with Crippen molar-refractivity contribution in [2.45, 2.75) is 45.7 Å². The van der Waals surface area contributed by atoms with Gasteiger partial charge in [0.2, 0.25) is 11.8 Å². The summed E-state index contributed by atoms with van der Waals surface area (Å²) in [6.07, 6.45) is 1.62. The van der Waals surface area contributed by atoms with Crippen LogP contribution in [0.3, 0.4) is 0 Å². The monoisotopic (exact) mass is 278 g/mol. The minimum atomic E-state index is -0.587. The van der Waals surface area contributed by atoms with Gasteiger partial charge in [-0.05, 0) is 39.8 Å². The Labute approximate surface area is 119 Å². The van der Waals surface area contributed by atoms with Crippen molar-refractivity contribution in [3.05, 3.63) is 24.0 Å². The summed E-state index contributed by atoms with van der Waals surface area (Å²) >= 11 is 0. The van der Waals surface area contributed by atoms with E-state index in [-0.39, 0.29) is 23.8 Å². The molecule has 1 heterocycles. The number of amides is 2. The topological polar surface area (TPSA) is 97.1 Å². The van der Waals surface area contributed by atoms with Crippen LogP contribution in [0.15, 0.2) is 18.3 Å². The average Bonchev–Trinajstić information content (AvgIpc) is 2.29. The van der Waals surface area contributed by atoms with Gasteiger partial charge in [-0.15, -0.1) is 0 Å². The second-order valence-electron chi connectivity index (χ2n) is 5.79. The molecule has 0 aliphatic rings. The highest BCUT2D eigenvalue weighted by Gasteiger charge is 2.20. The fourth-order valence-electron chi connectivity index (χ4n) is 1.54. The van der Waals surface area contributed by atoms with E-state index < -0.39 is 6.04 Å². The van der Waals surface area contributed by atoms with Crippen LogP contribution in [0.4, 0.5) is 5.69 Å². The van der Waals surface area contributed by atoms with Gasteiger partial charge in [0, 0.05) is 11.2 Å². The van der Waals surface area contributed by atoms with Gasteiger partial charge in [-0.2, -0.15) is 0 Å². The lowest BCUT2D eigenvalue weighted by molar-refractivity contribution is -0.129. The summed E-state index contributed by atoms with van der Waals surface area (Å²) in [6, 6.07) is 2.79. The molecule has 1 rings (SSSR count). The highest BCUT2D eigenvalue weighted by atomic mass is 16.2. The number of nitrogens with zero attached hydrogens (tertiary/aromatic N) is 1. The zero-order chi connectivity index (χ0) is 15.3. The molecule has 0 aromatic carbocycles. The molecule has 1 unspecified atom stereocenters. The summed E-state index contributed by atoms with van der Waals surface area (Å²) in [7, 11) is 0. The molecule has 0 saturated heterocycles. The predicted octanol–water partition coefficient (Wildman–Crippen LogP) is 0.626. The van der Waals surface area contributed by atoms with E-state index in [0.29, 0.717) is 11.4 Å². The van der Waals surface area contributed by atoms with Gasteiger partial charge in [-0.1, -0.05) is 0 Å². The smallest absolute Gasteiger partial charge is 0.242 e. The number of hydrogen-bond donors (Lipinski definition) is 3. The Bertz CT molecular complexity index is 477. The lowest BCUT2D eigenvalue weighted by Crippen LogP contribution is -2.51. The van der Waals surface area contributed by atoms with E-state index in [1.165, 1.54) is 6.20 Å². The molecule has 6 heteroatoms. The molecule has 0 aliphatic heterocycles. The zero-order valence-electron chi connectivity index (χ0n) is 12.4. The van der Waals surface area contributed by atoms with Crippen molar-refractivity contribution in [1.82, 2.24) is 15.6 Å². The lowest BCUT2D eigenvalue weighted by Gasteiger charge is -2.23. The van der Waals surface area contributed by atoms with Crippen molar-refractivity contribution in [2.24, 2.45) is 0 Å². The number of pyridine rings is 1. The molecule has 110 valence electrons. The van der Waals surface area contributed by atoms with Crippen LogP contribution in [0.5, 0.6) is 0 Å². The number of nitrogens with one attached hydrogen (secondary N) is 2. The van der Waals surface area contributed by atoms with E-state index in [0.717, 1.165) is 0 Å². The van der Waals surface area contributed by atoms with Crippen LogP contribution in [-0.4, -0.2) is 28.4 Å². The molecule has 1 aromatic rings. The van der Waals surface area contributed by atoms with E-state index >= 15 is 0 Å². The Morgan fingerprint density at radius 2 is 2.00 bits per heavy atom. The van der Waals surface area contributed by atoms with Crippen LogP contribution in [0, 0.1) is 0 Å². The summed E-state index contributed by atoms with van der Waals surface area (Å²) in [5, 5.41) is 5.45. The molecular formula is C14H22N4O2. The normalized spacial score (nSPS) is 12.6. The average molecular weight is 278 g/mol. The lowest BCUT2D eigenvalue weighted by atomic mass is 10.1. The van der Waals surface area contributed by atoms with Gasteiger partial charge in [-0.25, -0.2) is 0 Å². The third-order valence-corrected chi connectivity index (χ3v) is 2.46. The van der Waals surface area contributed by atoms with Gasteiger partial charge in [-0.3, -0.25) is 14.6 Å². The van der Waals surface area contributed by atoms with Gasteiger partial charge in [0.05, 0.1) is 18.3 Å². The van der Waals surface area contributed by atoms with Gasteiger partial charge in [0.1, 0.15) is 6.04 Å². The number of carbonyl (C=O) groups excluding carboxylic acids is 2. The molecule has 0 radical (unpaired) electrons. The highest BCUT2D eigenvalue weighted by Crippen LogP contribution is 2.02. The van der Waals surface area contributed by atoms with Crippen LogP contribution in [-0.2, 0) is 16.0 Å². The van der Waals surface area contributed by atoms with Crippen LogP contribution in [0.2, 0.25) is 0 Å². The summed E-state index contributed by atoms with van der Waals surface area (Å²) in [6.45, 7) is 7.31. The minimum Gasteiger partial charge on any atom is -0.397 e. The second-order valence-corrected chi connectivity index (χ2v) is 5.79. The molecule has 20 heavy (non-hydrogen) atoms. The predicted molar refractivity (Wildman–Crippen MR) is 77.9 cm³/mol. The molecule has 0 bridgehead atoms. The molecular weight excluding hydrogens is 256 g/mol. The molecule has 1 aromatic heterocycles. The van der Waals surface area contributed by atoms with Crippen molar-refractivity contribution in [3.63, 3.8) is 0 Å². The van der Waals surface area contributed by atoms with Crippen molar-refractivity contribution < 1.29 is 9.59 Å². The highest BCUT2D eigenvalue weighted by molar-refractivity contribution is 5.88. The van der Waals surface area contributed by atoms with Gasteiger partial charge in [0.25, 0.3) is 0 Å². The molecule has 6 nitrogen and oxygen atoms in total. The SMILES string of the molecule is CC(NC(=O)Cc1ccc(N)cn1)C(=O)NC(C)(C)C. The minimum absolute atomic E-state index is 0.118. The van der Waals surface area contributed by atoms with Crippen LogP contribution in [0.1, 0.15) is 33.4 Å². The number of aromatic nitrogens is 1. The van der Waals surface area contributed by atoms with Crippen LogP contribution in [0.25, 0.3) is 0 Å². The third kappa shape index (κ3) is 5.69. The number of hydrogen-bond acceptors (Lipinski definition) is 4. The number of rotatable bonds is 4. The Balaban J connectivity index is 2.49. The molecule has 2 amide bonds. The fourth-order valence-corrected chi connectivity index (χ4v) is 1.54. The molecule has 0 saturated carbocycles. The fraction of sp³-hybridized carbons (Fsp3) is 0.500. The maximum absolute atomic E-state index is 11.8. The summed E-state index contributed by atoms with van der Waals surface area (Å²) in [5.74, 6) is -0.463. The number of nitrogen functional groups attached to an aromatic ring is 1. The van der Waals surface area contributed by atoms with E-state index in [1.807, 2.05) is 20.8 Å². The maximum Gasteiger partial charge on any atom is 0.242 e. The molecule has 0 aliphatic carbocycles. The zero-order valence-corrected chi connectivity index (χ0v) is 12.4. The largest absolute Gasteiger partial charge is 0.397 e. The molecule has 4 N–H and O–H groups in total. The van der Waals surface area contributed by atoms with Crippen LogP contribution < -0.4 is 16.4 Å². The first-order valence-corrected chi connectivity index (χ1v) is 6.49.